The van der Waals surface area contributed by atoms with Gasteiger partial charge in [-0.05, 0) is 19.1 Å². The Morgan fingerprint density at radius 2 is 2.12 bits per heavy atom. The second-order valence-corrected chi connectivity index (χ2v) is 3.35. The van der Waals surface area contributed by atoms with Crippen molar-refractivity contribution in [3.05, 3.63) is 34.4 Å². The van der Waals surface area contributed by atoms with Crippen molar-refractivity contribution in [3.63, 3.8) is 0 Å². The van der Waals surface area contributed by atoms with E-state index in [0.29, 0.717) is 12.1 Å². The van der Waals surface area contributed by atoms with Crippen LogP contribution in [0.4, 0.5) is 8.78 Å². The maximum absolute atomic E-state index is 13.3. The minimum Gasteiger partial charge on any atom is -0.464 e. The van der Waals surface area contributed by atoms with Crippen LogP contribution in [0.3, 0.4) is 0 Å². The van der Waals surface area contributed by atoms with Crippen molar-refractivity contribution in [1.82, 2.24) is 0 Å². The predicted molar refractivity (Wildman–Crippen MR) is 53.0 cm³/mol. The van der Waals surface area contributed by atoms with Gasteiger partial charge in [0, 0.05) is 5.56 Å². The van der Waals surface area contributed by atoms with E-state index in [-0.39, 0.29) is 6.61 Å². The summed E-state index contributed by atoms with van der Waals surface area (Å²) in [6, 6.07) is 1.36. The van der Waals surface area contributed by atoms with Gasteiger partial charge in [-0.3, -0.25) is 0 Å². The molecule has 1 aromatic carbocycles. The fourth-order valence-corrected chi connectivity index (χ4v) is 1.25. The van der Waals surface area contributed by atoms with Gasteiger partial charge in [-0.1, -0.05) is 11.6 Å². The third-order valence-corrected chi connectivity index (χ3v) is 2.13. The summed E-state index contributed by atoms with van der Waals surface area (Å²) in [6.45, 7) is 1.57. The van der Waals surface area contributed by atoms with Gasteiger partial charge in [0.05, 0.1) is 11.6 Å². The van der Waals surface area contributed by atoms with Crippen molar-refractivity contribution in [2.75, 3.05) is 6.61 Å². The Morgan fingerprint density at radius 3 is 2.69 bits per heavy atom. The Morgan fingerprint density at radius 1 is 1.50 bits per heavy atom. The van der Waals surface area contributed by atoms with Crippen LogP contribution in [0.15, 0.2) is 12.1 Å². The zero-order valence-electron chi connectivity index (χ0n) is 8.34. The maximum Gasteiger partial charge on any atom is 0.339 e. The standard InChI is InChI=1S/C10H9ClF2O3/c1-2-16-10(15)9(14)5-3-8(13)6(11)4-7(5)12/h3-4,9,14H,2H2,1H3. The zero-order chi connectivity index (χ0) is 12.3. The van der Waals surface area contributed by atoms with Crippen molar-refractivity contribution in [1.29, 1.82) is 0 Å². The van der Waals surface area contributed by atoms with E-state index in [4.69, 9.17) is 11.6 Å². The number of rotatable bonds is 3. The molecule has 16 heavy (non-hydrogen) atoms. The Kier molecular flexibility index (Phi) is 4.20. The molecule has 1 aromatic rings. The van der Waals surface area contributed by atoms with Crippen molar-refractivity contribution in [2.45, 2.75) is 13.0 Å². The van der Waals surface area contributed by atoms with Crippen molar-refractivity contribution < 1.29 is 23.4 Å². The summed E-state index contributed by atoms with van der Waals surface area (Å²) in [4.78, 5) is 11.1. The average molecular weight is 251 g/mol. The highest BCUT2D eigenvalue weighted by molar-refractivity contribution is 6.30. The van der Waals surface area contributed by atoms with E-state index in [1.54, 1.807) is 0 Å². The lowest BCUT2D eigenvalue weighted by molar-refractivity contribution is -0.153. The Bertz CT molecular complexity index is 409. The van der Waals surface area contributed by atoms with E-state index in [1.165, 1.54) is 6.92 Å². The zero-order valence-corrected chi connectivity index (χ0v) is 9.09. The highest BCUT2D eigenvalue weighted by atomic mass is 35.5. The second-order valence-electron chi connectivity index (χ2n) is 2.94. The minimum absolute atomic E-state index is 0.0353. The van der Waals surface area contributed by atoms with Gasteiger partial charge < -0.3 is 9.84 Å². The normalized spacial score (nSPS) is 12.3. The van der Waals surface area contributed by atoms with Gasteiger partial charge >= 0.3 is 5.97 Å². The number of aliphatic hydroxyl groups is 1. The summed E-state index contributed by atoms with van der Waals surface area (Å²) in [5.74, 6) is -2.92. The van der Waals surface area contributed by atoms with Crippen LogP contribution in [0.5, 0.6) is 0 Å². The highest BCUT2D eigenvalue weighted by Crippen LogP contribution is 2.24. The van der Waals surface area contributed by atoms with Gasteiger partial charge in [0.1, 0.15) is 11.6 Å². The molecule has 0 fully saturated rings. The molecule has 0 aliphatic carbocycles. The number of carbonyl (C=O) groups is 1. The molecular weight excluding hydrogens is 242 g/mol. The second kappa shape index (κ2) is 5.23. The molecule has 6 heteroatoms. The van der Waals surface area contributed by atoms with Gasteiger partial charge in [0.15, 0.2) is 6.10 Å². The number of hydrogen-bond acceptors (Lipinski definition) is 3. The topological polar surface area (TPSA) is 46.5 Å². The average Bonchev–Trinajstić information content (AvgIpc) is 2.23. The van der Waals surface area contributed by atoms with Gasteiger partial charge in [-0.2, -0.15) is 0 Å². The molecule has 0 amide bonds. The number of aliphatic hydroxyl groups excluding tert-OH is 1. The lowest BCUT2D eigenvalue weighted by Gasteiger charge is -2.11. The van der Waals surface area contributed by atoms with E-state index < -0.39 is 34.3 Å². The molecule has 0 saturated carbocycles. The van der Waals surface area contributed by atoms with Crippen LogP contribution in [0, 0.1) is 11.6 Å². The number of esters is 1. The van der Waals surface area contributed by atoms with Crippen molar-refractivity contribution in [2.24, 2.45) is 0 Å². The molecule has 0 radical (unpaired) electrons. The first-order valence-electron chi connectivity index (χ1n) is 4.46. The summed E-state index contributed by atoms with van der Waals surface area (Å²) >= 11 is 5.32. The van der Waals surface area contributed by atoms with Gasteiger partial charge in [0.25, 0.3) is 0 Å². The molecule has 3 nitrogen and oxygen atoms in total. The molecule has 0 aliphatic heterocycles. The van der Waals surface area contributed by atoms with Crippen LogP contribution < -0.4 is 0 Å². The maximum atomic E-state index is 13.3. The summed E-state index contributed by atoms with van der Waals surface area (Å²) < 4.78 is 30.7. The van der Waals surface area contributed by atoms with Gasteiger partial charge in [-0.25, -0.2) is 13.6 Å². The van der Waals surface area contributed by atoms with Crippen LogP contribution in [0.25, 0.3) is 0 Å². The molecule has 1 atom stereocenters. The van der Waals surface area contributed by atoms with Crippen LogP contribution in [-0.4, -0.2) is 17.7 Å². The molecule has 1 N–H and O–H groups in total. The summed E-state index contributed by atoms with van der Waals surface area (Å²) in [5.41, 5.74) is -0.500. The smallest absolute Gasteiger partial charge is 0.339 e. The summed E-state index contributed by atoms with van der Waals surface area (Å²) in [5, 5.41) is 8.97. The Hall–Kier alpha value is -1.20. The van der Waals surface area contributed by atoms with Crippen molar-refractivity contribution in [3.8, 4) is 0 Å². The van der Waals surface area contributed by atoms with E-state index in [0.717, 1.165) is 0 Å². The lowest BCUT2D eigenvalue weighted by atomic mass is 10.1. The van der Waals surface area contributed by atoms with E-state index in [2.05, 4.69) is 4.74 Å². The number of hydrogen-bond donors (Lipinski definition) is 1. The molecule has 88 valence electrons. The Balaban J connectivity index is 3.04. The quantitative estimate of drug-likeness (QED) is 0.661. The molecule has 0 spiro atoms. The van der Waals surface area contributed by atoms with Gasteiger partial charge in [-0.15, -0.1) is 0 Å². The van der Waals surface area contributed by atoms with E-state index in [9.17, 15) is 18.7 Å². The van der Waals surface area contributed by atoms with Crippen LogP contribution in [-0.2, 0) is 9.53 Å². The lowest BCUT2D eigenvalue weighted by Crippen LogP contribution is -2.16. The van der Waals surface area contributed by atoms with E-state index >= 15 is 0 Å². The largest absolute Gasteiger partial charge is 0.464 e. The molecule has 0 saturated heterocycles. The number of benzene rings is 1. The molecule has 0 bridgehead atoms. The Labute approximate surface area is 95.6 Å². The van der Waals surface area contributed by atoms with E-state index in [1.807, 2.05) is 0 Å². The number of carbonyl (C=O) groups excluding carboxylic acids is 1. The third kappa shape index (κ3) is 2.68. The summed E-state index contributed by atoms with van der Waals surface area (Å²) in [7, 11) is 0. The number of ether oxygens (including phenoxy) is 1. The minimum atomic E-state index is -1.85. The number of halogens is 3. The molecule has 0 aromatic heterocycles. The molecular formula is C10H9ClF2O3. The van der Waals surface area contributed by atoms with Crippen LogP contribution >= 0.6 is 11.6 Å². The van der Waals surface area contributed by atoms with Crippen LogP contribution in [0.1, 0.15) is 18.6 Å². The highest BCUT2D eigenvalue weighted by Gasteiger charge is 2.23. The first kappa shape index (κ1) is 12.9. The fourth-order valence-electron chi connectivity index (χ4n) is 1.10. The molecule has 0 heterocycles. The van der Waals surface area contributed by atoms with Crippen molar-refractivity contribution >= 4 is 17.6 Å². The molecule has 1 unspecified atom stereocenters. The predicted octanol–water partition coefficient (Wildman–Crippen LogP) is 2.21. The third-order valence-electron chi connectivity index (χ3n) is 1.84. The van der Waals surface area contributed by atoms with Crippen LogP contribution in [0.2, 0.25) is 5.02 Å². The summed E-state index contributed by atoms with van der Waals surface area (Å²) in [6.07, 6.45) is -1.85. The van der Waals surface area contributed by atoms with Gasteiger partial charge in [0.2, 0.25) is 0 Å². The first-order valence-corrected chi connectivity index (χ1v) is 4.84. The SMILES string of the molecule is CCOC(=O)C(O)c1cc(F)c(Cl)cc1F. The molecule has 1 rings (SSSR count). The fraction of sp³-hybridized carbons (Fsp3) is 0.300. The molecule has 0 aliphatic rings. The monoisotopic (exact) mass is 250 g/mol. The first-order chi connectivity index (χ1) is 7.47.